The van der Waals surface area contributed by atoms with Gasteiger partial charge >= 0.3 is 0 Å². The van der Waals surface area contributed by atoms with E-state index in [1.807, 2.05) is 6.07 Å². The van der Waals surface area contributed by atoms with Gasteiger partial charge in [0.05, 0.1) is 30.9 Å². The van der Waals surface area contributed by atoms with Gasteiger partial charge in [-0.3, -0.25) is 14.5 Å². The lowest BCUT2D eigenvalue weighted by Gasteiger charge is -2.25. The summed E-state index contributed by atoms with van der Waals surface area (Å²) in [7, 11) is 3.01. The van der Waals surface area contributed by atoms with Gasteiger partial charge in [-0.05, 0) is 48.0 Å². The number of ketones is 1. The van der Waals surface area contributed by atoms with E-state index >= 15 is 0 Å². The van der Waals surface area contributed by atoms with Crippen molar-refractivity contribution < 1.29 is 24.2 Å². The van der Waals surface area contributed by atoms with Gasteiger partial charge in [0.25, 0.3) is 11.7 Å². The molecular weight excluding hydrogens is 430 g/mol. The molecule has 1 fully saturated rings. The highest BCUT2D eigenvalue weighted by Crippen LogP contribution is 2.43. The van der Waals surface area contributed by atoms with Crippen molar-refractivity contribution in [1.82, 2.24) is 0 Å². The number of para-hydroxylation sites is 1. The Morgan fingerprint density at radius 1 is 0.938 bits per heavy atom. The maximum atomic E-state index is 13.1. The van der Waals surface area contributed by atoms with Crippen LogP contribution >= 0.6 is 11.6 Å². The fourth-order valence-corrected chi connectivity index (χ4v) is 3.95. The smallest absolute Gasteiger partial charge is 0.300 e. The Bertz CT molecular complexity index is 1200. The Kier molecular flexibility index (Phi) is 5.88. The second-order valence-electron chi connectivity index (χ2n) is 7.13. The minimum atomic E-state index is -0.829. The van der Waals surface area contributed by atoms with Crippen LogP contribution in [0.2, 0.25) is 5.02 Å². The number of amides is 1. The second-order valence-corrected chi connectivity index (χ2v) is 7.53. The number of carbonyl (C=O) groups excluding carboxylic acids is 2. The molecule has 1 heterocycles. The lowest BCUT2D eigenvalue weighted by molar-refractivity contribution is -0.132. The zero-order valence-corrected chi connectivity index (χ0v) is 18.2. The summed E-state index contributed by atoms with van der Waals surface area (Å²) < 4.78 is 10.5. The van der Waals surface area contributed by atoms with Crippen LogP contribution in [0.3, 0.4) is 0 Å². The Morgan fingerprint density at radius 3 is 2.25 bits per heavy atom. The molecule has 0 bridgehead atoms. The summed E-state index contributed by atoms with van der Waals surface area (Å²) in [5, 5.41) is 11.5. The van der Waals surface area contributed by atoms with Crippen molar-refractivity contribution in [2.45, 2.75) is 6.04 Å². The van der Waals surface area contributed by atoms with Gasteiger partial charge in [0.1, 0.15) is 17.3 Å². The summed E-state index contributed by atoms with van der Waals surface area (Å²) >= 11 is 6.11. The molecule has 1 atom stereocenters. The molecule has 1 unspecified atom stereocenters. The molecule has 3 aromatic carbocycles. The predicted molar refractivity (Wildman–Crippen MR) is 122 cm³/mol. The highest BCUT2D eigenvalue weighted by molar-refractivity contribution is 6.51. The number of benzene rings is 3. The van der Waals surface area contributed by atoms with Crippen molar-refractivity contribution >= 4 is 34.7 Å². The molecule has 1 amide bonds. The van der Waals surface area contributed by atoms with Crippen molar-refractivity contribution in [1.29, 1.82) is 0 Å². The third-order valence-electron chi connectivity index (χ3n) is 5.33. The SMILES string of the molecule is COc1ccc(C2/C(=C(/O)c3ccc(Cl)c(OC)c3)C(=O)C(=O)N2c2ccccc2)cc1. The molecule has 6 nitrogen and oxygen atoms in total. The topological polar surface area (TPSA) is 76.1 Å². The lowest BCUT2D eigenvalue weighted by Crippen LogP contribution is -2.29. The van der Waals surface area contributed by atoms with E-state index in [1.165, 1.54) is 18.1 Å². The number of carbonyl (C=O) groups is 2. The fraction of sp³-hybridized carbons (Fsp3) is 0.120. The average molecular weight is 450 g/mol. The van der Waals surface area contributed by atoms with Crippen LogP contribution in [0.1, 0.15) is 17.2 Å². The Labute approximate surface area is 190 Å². The third kappa shape index (κ3) is 3.69. The standard InChI is InChI=1S/C25H20ClNO5/c1-31-18-11-8-15(9-12-18)22-21(23(28)16-10-13-19(26)20(14-16)32-2)24(29)25(30)27(22)17-6-4-3-5-7-17/h3-14,22,28H,1-2H3/b23-21-. The molecule has 1 saturated heterocycles. The summed E-state index contributed by atoms with van der Waals surface area (Å²) in [4.78, 5) is 27.6. The van der Waals surface area contributed by atoms with E-state index in [-0.39, 0.29) is 11.3 Å². The van der Waals surface area contributed by atoms with Crippen molar-refractivity contribution in [2.24, 2.45) is 0 Å². The summed E-state index contributed by atoms with van der Waals surface area (Å²) in [6.07, 6.45) is 0. The number of hydrogen-bond acceptors (Lipinski definition) is 5. The van der Waals surface area contributed by atoms with E-state index in [4.69, 9.17) is 21.1 Å². The Balaban J connectivity index is 1.93. The number of rotatable bonds is 5. The summed E-state index contributed by atoms with van der Waals surface area (Å²) in [5.74, 6) is -0.833. The Morgan fingerprint density at radius 2 is 1.62 bits per heavy atom. The zero-order valence-electron chi connectivity index (χ0n) is 17.4. The fourth-order valence-electron chi connectivity index (χ4n) is 3.75. The first kappa shape index (κ1) is 21.5. The number of ether oxygens (including phenoxy) is 2. The molecule has 1 aliphatic heterocycles. The average Bonchev–Trinajstić information content (AvgIpc) is 3.10. The maximum absolute atomic E-state index is 13.1. The molecule has 1 aliphatic rings. The molecule has 0 saturated carbocycles. The quantitative estimate of drug-likeness (QED) is 0.337. The highest BCUT2D eigenvalue weighted by atomic mass is 35.5. The van der Waals surface area contributed by atoms with Gasteiger partial charge in [-0.15, -0.1) is 0 Å². The number of hydrogen-bond donors (Lipinski definition) is 1. The summed E-state index contributed by atoms with van der Waals surface area (Å²) in [5.41, 5.74) is 1.49. The van der Waals surface area contributed by atoms with E-state index in [0.717, 1.165) is 0 Å². The minimum Gasteiger partial charge on any atom is -0.507 e. The number of anilines is 1. The van der Waals surface area contributed by atoms with Crippen molar-refractivity contribution in [3.05, 3.63) is 94.5 Å². The van der Waals surface area contributed by atoms with Crippen LogP contribution in [0.5, 0.6) is 11.5 Å². The van der Waals surface area contributed by atoms with Crippen LogP contribution in [0.15, 0.2) is 78.4 Å². The maximum Gasteiger partial charge on any atom is 0.300 e. The molecule has 4 rings (SSSR count). The van der Waals surface area contributed by atoms with E-state index < -0.39 is 17.7 Å². The van der Waals surface area contributed by atoms with Crippen molar-refractivity contribution in [3.63, 3.8) is 0 Å². The van der Waals surface area contributed by atoms with E-state index in [1.54, 1.807) is 67.8 Å². The Hall–Kier alpha value is -3.77. The van der Waals surface area contributed by atoms with Crippen molar-refractivity contribution in [3.8, 4) is 11.5 Å². The van der Waals surface area contributed by atoms with Crippen LogP contribution in [0.25, 0.3) is 5.76 Å². The van der Waals surface area contributed by atoms with Crippen LogP contribution < -0.4 is 14.4 Å². The molecule has 3 aromatic rings. The van der Waals surface area contributed by atoms with Gasteiger partial charge < -0.3 is 14.6 Å². The molecular formula is C25H20ClNO5. The second kappa shape index (κ2) is 8.77. The molecule has 0 radical (unpaired) electrons. The number of nitrogens with zero attached hydrogens (tertiary/aromatic N) is 1. The predicted octanol–water partition coefficient (Wildman–Crippen LogP) is 4.98. The monoisotopic (exact) mass is 449 g/mol. The van der Waals surface area contributed by atoms with Crippen LogP contribution in [0.4, 0.5) is 5.69 Å². The molecule has 0 aromatic heterocycles. The van der Waals surface area contributed by atoms with Gasteiger partial charge in [0.15, 0.2) is 0 Å². The third-order valence-corrected chi connectivity index (χ3v) is 5.65. The van der Waals surface area contributed by atoms with Crippen LogP contribution in [0, 0.1) is 0 Å². The van der Waals surface area contributed by atoms with Gasteiger partial charge in [0, 0.05) is 11.3 Å². The first-order valence-corrected chi connectivity index (χ1v) is 10.2. The van der Waals surface area contributed by atoms with E-state index in [2.05, 4.69) is 0 Å². The zero-order chi connectivity index (χ0) is 22.8. The minimum absolute atomic E-state index is 0.0200. The number of aliphatic hydroxyl groups is 1. The lowest BCUT2D eigenvalue weighted by atomic mass is 9.95. The molecule has 1 N–H and O–H groups in total. The number of methoxy groups -OCH3 is 2. The van der Waals surface area contributed by atoms with Gasteiger partial charge in [0.2, 0.25) is 0 Å². The van der Waals surface area contributed by atoms with Crippen LogP contribution in [-0.4, -0.2) is 31.0 Å². The normalized spacial score (nSPS) is 17.5. The molecule has 7 heteroatoms. The first-order chi connectivity index (χ1) is 15.5. The van der Waals surface area contributed by atoms with Gasteiger partial charge in [-0.2, -0.15) is 0 Å². The largest absolute Gasteiger partial charge is 0.507 e. The molecule has 32 heavy (non-hydrogen) atoms. The number of halogens is 1. The van der Waals surface area contributed by atoms with E-state index in [0.29, 0.717) is 33.3 Å². The summed E-state index contributed by atoms with van der Waals surface area (Å²) in [6.45, 7) is 0. The van der Waals surface area contributed by atoms with Crippen LogP contribution in [-0.2, 0) is 9.59 Å². The summed E-state index contributed by atoms with van der Waals surface area (Å²) in [6, 6.07) is 19.7. The number of Topliss-reactive ketones (excluding diaryl/α,β-unsaturated/α-hetero) is 1. The first-order valence-electron chi connectivity index (χ1n) is 9.80. The molecule has 162 valence electrons. The van der Waals surface area contributed by atoms with Crippen molar-refractivity contribution in [2.75, 3.05) is 19.1 Å². The van der Waals surface area contributed by atoms with Gasteiger partial charge in [-0.25, -0.2) is 0 Å². The highest BCUT2D eigenvalue weighted by Gasteiger charge is 2.46. The van der Waals surface area contributed by atoms with Gasteiger partial charge in [-0.1, -0.05) is 41.9 Å². The molecule has 0 spiro atoms. The molecule has 0 aliphatic carbocycles. The van der Waals surface area contributed by atoms with E-state index in [9.17, 15) is 14.7 Å². The number of aliphatic hydroxyl groups excluding tert-OH is 1.